The molecule has 17 heavy (non-hydrogen) atoms. The largest absolute Gasteiger partial charge is 0.478 e. The van der Waals surface area contributed by atoms with E-state index < -0.39 is 5.97 Å². The minimum atomic E-state index is -0.997. The van der Waals surface area contributed by atoms with Crippen molar-refractivity contribution in [1.82, 2.24) is 4.98 Å². The normalized spacial score (nSPS) is 10.5. The van der Waals surface area contributed by atoms with Gasteiger partial charge in [0, 0.05) is 24.5 Å². The lowest BCUT2D eigenvalue weighted by Gasteiger charge is -2.15. The summed E-state index contributed by atoms with van der Waals surface area (Å²) in [6.07, 6.45) is 0. The summed E-state index contributed by atoms with van der Waals surface area (Å²) in [4.78, 5) is 17.2. The Labute approximate surface area is 103 Å². The third-order valence-electron chi connectivity index (χ3n) is 2.41. The van der Waals surface area contributed by atoms with Crippen LogP contribution in [0, 0.1) is 0 Å². The molecule has 0 unspecified atom stereocenters. The van der Waals surface area contributed by atoms with Gasteiger partial charge in [0.25, 0.3) is 0 Å². The van der Waals surface area contributed by atoms with Gasteiger partial charge >= 0.3 is 5.97 Å². The fraction of sp³-hybridized carbons (Fsp3) is 0.167. The Hall–Kier alpha value is -1.81. The minimum absolute atomic E-state index is 0.171. The fourth-order valence-electron chi connectivity index (χ4n) is 1.64. The zero-order valence-corrected chi connectivity index (χ0v) is 10.2. The average molecular weight is 251 g/mol. The molecule has 0 aliphatic rings. The molecule has 2 rings (SSSR count). The van der Waals surface area contributed by atoms with E-state index in [4.69, 9.17) is 16.7 Å². The lowest BCUT2D eigenvalue weighted by Crippen LogP contribution is -2.15. The average Bonchev–Trinajstić information content (AvgIpc) is 2.26. The second kappa shape index (κ2) is 4.22. The van der Waals surface area contributed by atoms with E-state index in [9.17, 15) is 4.79 Å². The van der Waals surface area contributed by atoms with Crippen molar-refractivity contribution in [1.29, 1.82) is 0 Å². The van der Waals surface area contributed by atoms with Gasteiger partial charge in [-0.05, 0) is 24.3 Å². The first-order valence-electron chi connectivity index (χ1n) is 5.00. The van der Waals surface area contributed by atoms with Crippen LogP contribution in [-0.2, 0) is 0 Å². The van der Waals surface area contributed by atoms with Gasteiger partial charge in [-0.25, -0.2) is 9.78 Å². The van der Waals surface area contributed by atoms with Crippen LogP contribution in [0.15, 0.2) is 24.3 Å². The zero-order chi connectivity index (χ0) is 12.6. The topological polar surface area (TPSA) is 53.4 Å². The number of hydrogen-bond donors (Lipinski definition) is 1. The van der Waals surface area contributed by atoms with E-state index in [-0.39, 0.29) is 5.56 Å². The number of rotatable bonds is 2. The van der Waals surface area contributed by atoms with E-state index in [1.807, 2.05) is 0 Å². The highest BCUT2D eigenvalue weighted by molar-refractivity contribution is 6.31. The quantitative estimate of drug-likeness (QED) is 0.890. The molecule has 0 radical (unpaired) electrons. The minimum Gasteiger partial charge on any atom is -0.478 e. The lowest BCUT2D eigenvalue weighted by molar-refractivity contribution is 0.0697. The summed E-state index contributed by atoms with van der Waals surface area (Å²) in [6.45, 7) is 0. The van der Waals surface area contributed by atoms with Crippen molar-refractivity contribution in [2.75, 3.05) is 19.0 Å². The van der Waals surface area contributed by atoms with Crippen LogP contribution in [0.5, 0.6) is 0 Å². The molecule has 1 aromatic carbocycles. The standard InChI is InChI=1S/C12H11ClN2O2/c1-15(2)11-9(12(16)17)6-7-5-8(13)3-4-10(7)14-11/h3-6H,1-2H3,(H,16,17). The number of fused-ring (bicyclic) bond motifs is 1. The Bertz CT molecular complexity index is 596. The molecule has 0 spiro atoms. The number of hydrogen-bond acceptors (Lipinski definition) is 3. The smallest absolute Gasteiger partial charge is 0.339 e. The molecule has 0 bridgehead atoms. The first-order valence-corrected chi connectivity index (χ1v) is 5.38. The monoisotopic (exact) mass is 250 g/mol. The number of carboxylic acid groups (broad SMARTS) is 1. The zero-order valence-electron chi connectivity index (χ0n) is 9.44. The second-order valence-corrected chi connectivity index (χ2v) is 4.33. The van der Waals surface area contributed by atoms with Gasteiger partial charge in [0.15, 0.2) is 0 Å². The van der Waals surface area contributed by atoms with Crippen LogP contribution < -0.4 is 4.90 Å². The van der Waals surface area contributed by atoms with Crippen molar-refractivity contribution in [3.8, 4) is 0 Å². The summed E-state index contributed by atoms with van der Waals surface area (Å²) in [5, 5.41) is 10.4. The number of carbonyl (C=O) groups is 1. The van der Waals surface area contributed by atoms with E-state index in [2.05, 4.69) is 4.98 Å². The molecule has 0 atom stereocenters. The van der Waals surface area contributed by atoms with Gasteiger partial charge in [0.05, 0.1) is 5.52 Å². The molecule has 0 amide bonds. The number of benzene rings is 1. The number of aromatic carboxylic acids is 1. The molecule has 0 aliphatic carbocycles. The van der Waals surface area contributed by atoms with Crippen molar-refractivity contribution in [3.63, 3.8) is 0 Å². The summed E-state index contributed by atoms with van der Waals surface area (Å²) < 4.78 is 0. The third-order valence-corrected chi connectivity index (χ3v) is 2.65. The van der Waals surface area contributed by atoms with Crippen molar-refractivity contribution in [2.45, 2.75) is 0 Å². The number of halogens is 1. The highest BCUT2D eigenvalue weighted by Gasteiger charge is 2.14. The van der Waals surface area contributed by atoms with Gasteiger partial charge in [-0.15, -0.1) is 0 Å². The van der Waals surface area contributed by atoms with E-state index in [1.54, 1.807) is 43.3 Å². The molecule has 1 N–H and O–H groups in total. The number of anilines is 1. The highest BCUT2D eigenvalue weighted by Crippen LogP contribution is 2.24. The summed E-state index contributed by atoms with van der Waals surface area (Å²) in [5.41, 5.74) is 0.896. The molecule has 2 aromatic rings. The van der Waals surface area contributed by atoms with Crippen molar-refractivity contribution in [2.24, 2.45) is 0 Å². The Morgan fingerprint density at radius 1 is 1.35 bits per heavy atom. The Morgan fingerprint density at radius 3 is 2.65 bits per heavy atom. The SMILES string of the molecule is CN(C)c1nc2ccc(Cl)cc2cc1C(=O)O. The second-order valence-electron chi connectivity index (χ2n) is 3.90. The Morgan fingerprint density at radius 2 is 2.06 bits per heavy atom. The summed E-state index contributed by atoms with van der Waals surface area (Å²) in [7, 11) is 3.52. The van der Waals surface area contributed by atoms with Crippen molar-refractivity contribution < 1.29 is 9.90 Å². The van der Waals surface area contributed by atoms with E-state index >= 15 is 0 Å². The number of aromatic nitrogens is 1. The Balaban J connectivity index is 2.77. The third kappa shape index (κ3) is 2.17. The van der Waals surface area contributed by atoms with Crippen LogP contribution in [-0.4, -0.2) is 30.2 Å². The Kier molecular flexibility index (Phi) is 2.90. The summed E-state index contributed by atoms with van der Waals surface area (Å²) in [6, 6.07) is 6.80. The molecule has 0 saturated heterocycles. The van der Waals surface area contributed by atoms with E-state index in [0.717, 1.165) is 10.9 Å². The van der Waals surface area contributed by atoms with Crippen molar-refractivity contribution in [3.05, 3.63) is 34.9 Å². The van der Waals surface area contributed by atoms with Gasteiger partial charge in [-0.1, -0.05) is 11.6 Å². The van der Waals surface area contributed by atoms with Crippen molar-refractivity contribution >= 4 is 34.3 Å². The number of pyridine rings is 1. The van der Waals surface area contributed by atoms with E-state index in [1.165, 1.54) is 0 Å². The first-order chi connectivity index (χ1) is 7.99. The number of carboxylic acids is 1. The maximum absolute atomic E-state index is 11.2. The molecule has 88 valence electrons. The van der Waals surface area contributed by atoms with Crippen LogP contribution in [0.25, 0.3) is 10.9 Å². The van der Waals surface area contributed by atoms with E-state index in [0.29, 0.717) is 10.8 Å². The lowest BCUT2D eigenvalue weighted by atomic mass is 10.1. The maximum atomic E-state index is 11.2. The van der Waals surface area contributed by atoms with Crippen LogP contribution in [0.4, 0.5) is 5.82 Å². The maximum Gasteiger partial charge on any atom is 0.339 e. The van der Waals surface area contributed by atoms with Gasteiger partial charge in [0.1, 0.15) is 11.4 Å². The number of nitrogens with zero attached hydrogens (tertiary/aromatic N) is 2. The van der Waals surface area contributed by atoms with Gasteiger partial charge in [-0.3, -0.25) is 0 Å². The molecular weight excluding hydrogens is 240 g/mol. The molecule has 0 aliphatic heterocycles. The molecule has 1 aromatic heterocycles. The van der Waals surface area contributed by atoms with Crippen LogP contribution >= 0.6 is 11.6 Å². The van der Waals surface area contributed by atoms with Crippen LogP contribution in [0.1, 0.15) is 10.4 Å². The summed E-state index contributed by atoms with van der Waals surface area (Å²) in [5.74, 6) is -0.560. The molecule has 0 saturated carbocycles. The van der Waals surface area contributed by atoms with Gasteiger partial charge < -0.3 is 10.0 Å². The van der Waals surface area contributed by atoms with Crippen LogP contribution in [0.2, 0.25) is 5.02 Å². The van der Waals surface area contributed by atoms with Gasteiger partial charge in [0.2, 0.25) is 0 Å². The molecule has 0 fully saturated rings. The first kappa shape index (κ1) is 11.7. The predicted molar refractivity (Wildman–Crippen MR) is 68.0 cm³/mol. The van der Waals surface area contributed by atoms with Crippen LogP contribution in [0.3, 0.4) is 0 Å². The summed E-state index contributed by atoms with van der Waals surface area (Å²) >= 11 is 5.87. The molecule has 5 heteroatoms. The predicted octanol–water partition coefficient (Wildman–Crippen LogP) is 2.65. The molecule has 1 heterocycles. The molecule has 4 nitrogen and oxygen atoms in total. The highest BCUT2D eigenvalue weighted by atomic mass is 35.5. The molecular formula is C12H11ClN2O2. The fourth-order valence-corrected chi connectivity index (χ4v) is 1.82. The van der Waals surface area contributed by atoms with Gasteiger partial charge in [-0.2, -0.15) is 0 Å².